The quantitative estimate of drug-likeness (QED) is 0.834. The fraction of sp³-hybridized carbons (Fsp3) is 0.333. The maximum Gasteiger partial charge on any atom is 0.267 e. The Hall–Kier alpha value is -2.30. The average molecular weight is 274 g/mol. The number of benzene rings is 1. The summed E-state index contributed by atoms with van der Waals surface area (Å²) in [6.45, 7) is 5.70. The molecule has 106 valence electrons. The minimum absolute atomic E-state index is 0.190. The first-order chi connectivity index (χ1) is 9.59. The molecule has 0 fully saturated rings. The van der Waals surface area contributed by atoms with E-state index in [-0.39, 0.29) is 5.91 Å². The van der Waals surface area contributed by atoms with Crippen LogP contribution in [0.4, 0.5) is 0 Å². The van der Waals surface area contributed by atoms with E-state index in [0.717, 1.165) is 17.0 Å². The summed E-state index contributed by atoms with van der Waals surface area (Å²) in [6, 6.07) is 7.50. The number of nitrogens with one attached hydrogen (secondary N) is 1. The Balaban J connectivity index is 2.06. The van der Waals surface area contributed by atoms with Crippen LogP contribution in [0.15, 0.2) is 42.1 Å². The predicted molar refractivity (Wildman–Crippen MR) is 76.8 cm³/mol. The second-order valence-electron chi connectivity index (χ2n) is 4.76. The van der Waals surface area contributed by atoms with Crippen molar-refractivity contribution in [1.29, 1.82) is 0 Å². The number of ether oxygens (including phenoxy) is 1. The molecule has 1 aromatic carbocycles. The van der Waals surface area contributed by atoms with Crippen LogP contribution in [0.25, 0.3) is 0 Å². The lowest BCUT2D eigenvalue weighted by Crippen LogP contribution is -2.44. The molecule has 1 atom stereocenters. The van der Waals surface area contributed by atoms with Gasteiger partial charge in [0.15, 0.2) is 0 Å². The molecule has 1 N–H and O–H groups in total. The van der Waals surface area contributed by atoms with Crippen LogP contribution >= 0.6 is 0 Å². The topological polar surface area (TPSA) is 59.9 Å². The summed E-state index contributed by atoms with van der Waals surface area (Å²) < 4.78 is 5.11. The molecule has 20 heavy (non-hydrogen) atoms. The Labute approximate surface area is 118 Å². The summed E-state index contributed by atoms with van der Waals surface area (Å²) in [4.78, 5) is 17.4. The number of amides is 1. The second kappa shape index (κ2) is 5.77. The zero-order chi connectivity index (χ0) is 14.6. The summed E-state index contributed by atoms with van der Waals surface area (Å²) in [7, 11) is 1.62. The summed E-state index contributed by atoms with van der Waals surface area (Å²) in [6.07, 6.45) is 2.06. The lowest BCUT2D eigenvalue weighted by Gasteiger charge is -2.19. The molecular formula is C15H18N2O3. The van der Waals surface area contributed by atoms with Crippen molar-refractivity contribution >= 4 is 11.6 Å². The molecule has 1 aliphatic rings. The lowest BCUT2D eigenvalue weighted by molar-refractivity contribution is -0.141. The molecule has 0 saturated carbocycles. The van der Waals surface area contributed by atoms with Crippen molar-refractivity contribution in [3.8, 4) is 5.75 Å². The van der Waals surface area contributed by atoms with E-state index in [1.54, 1.807) is 20.1 Å². The Bertz CT molecular complexity index is 537. The molecule has 0 aromatic heterocycles. The summed E-state index contributed by atoms with van der Waals surface area (Å²) >= 11 is 0. The number of methoxy groups -OCH3 is 1. The summed E-state index contributed by atoms with van der Waals surface area (Å²) in [5, 5.41) is 6.76. The van der Waals surface area contributed by atoms with Gasteiger partial charge in [0.1, 0.15) is 5.75 Å². The second-order valence-corrected chi connectivity index (χ2v) is 4.76. The summed E-state index contributed by atoms with van der Waals surface area (Å²) in [5.74, 6) is 0.587. The predicted octanol–water partition coefficient (Wildman–Crippen LogP) is 1.88. The van der Waals surface area contributed by atoms with E-state index in [1.807, 2.05) is 24.3 Å². The van der Waals surface area contributed by atoms with Gasteiger partial charge in [0.25, 0.3) is 5.91 Å². The largest absolute Gasteiger partial charge is 0.497 e. The molecule has 1 amide bonds. The molecule has 0 radical (unpaired) electrons. The van der Waals surface area contributed by atoms with Crippen LogP contribution in [0.3, 0.4) is 0 Å². The van der Waals surface area contributed by atoms with Crippen molar-refractivity contribution in [3.63, 3.8) is 0 Å². The fourth-order valence-corrected chi connectivity index (χ4v) is 1.95. The molecule has 1 heterocycles. The SMILES string of the molecule is C=CCNC(=O)[C@@]1(C)CC(c2ccc(OC)cc2)=NO1. The number of rotatable bonds is 5. The van der Waals surface area contributed by atoms with Crippen LogP contribution in [0, 0.1) is 0 Å². The molecule has 0 saturated heterocycles. The van der Waals surface area contributed by atoms with Crippen LogP contribution in [-0.2, 0) is 9.63 Å². The Morgan fingerprint density at radius 3 is 2.85 bits per heavy atom. The first-order valence-corrected chi connectivity index (χ1v) is 6.38. The fourth-order valence-electron chi connectivity index (χ4n) is 1.95. The first-order valence-electron chi connectivity index (χ1n) is 6.38. The summed E-state index contributed by atoms with van der Waals surface area (Å²) in [5.41, 5.74) is 0.716. The van der Waals surface area contributed by atoms with E-state index in [2.05, 4.69) is 17.1 Å². The highest BCUT2D eigenvalue weighted by atomic mass is 16.7. The average Bonchev–Trinajstić information content (AvgIpc) is 2.88. The number of hydrogen-bond donors (Lipinski definition) is 1. The van der Waals surface area contributed by atoms with Gasteiger partial charge in [-0.15, -0.1) is 6.58 Å². The van der Waals surface area contributed by atoms with Gasteiger partial charge in [-0.1, -0.05) is 11.2 Å². The molecule has 0 unspecified atom stereocenters. The number of carbonyl (C=O) groups is 1. The van der Waals surface area contributed by atoms with E-state index in [4.69, 9.17) is 9.57 Å². The Morgan fingerprint density at radius 2 is 2.25 bits per heavy atom. The van der Waals surface area contributed by atoms with Crippen molar-refractivity contribution in [3.05, 3.63) is 42.5 Å². The normalized spacial score (nSPS) is 20.8. The van der Waals surface area contributed by atoms with E-state index in [1.165, 1.54) is 0 Å². The lowest BCUT2D eigenvalue weighted by atomic mass is 9.95. The zero-order valence-electron chi connectivity index (χ0n) is 11.7. The highest BCUT2D eigenvalue weighted by Crippen LogP contribution is 2.27. The molecule has 5 nitrogen and oxygen atoms in total. The van der Waals surface area contributed by atoms with Crippen molar-refractivity contribution < 1.29 is 14.4 Å². The van der Waals surface area contributed by atoms with Crippen LogP contribution in [-0.4, -0.2) is 30.9 Å². The number of oxime groups is 1. The molecule has 2 rings (SSSR count). The Morgan fingerprint density at radius 1 is 1.55 bits per heavy atom. The smallest absolute Gasteiger partial charge is 0.267 e. The Kier molecular flexibility index (Phi) is 4.08. The monoisotopic (exact) mass is 274 g/mol. The van der Waals surface area contributed by atoms with Gasteiger partial charge in [0.2, 0.25) is 5.60 Å². The van der Waals surface area contributed by atoms with Crippen LogP contribution in [0.2, 0.25) is 0 Å². The maximum absolute atomic E-state index is 12.0. The molecule has 0 spiro atoms. The van der Waals surface area contributed by atoms with Gasteiger partial charge in [-0.3, -0.25) is 4.79 Å². The van der Waals surface area contributed by atoms with Crippen LogP contribution in [0.1, 0.15) is 18.9 Å². The number of nitrogens with zero attached hydrogens (tertiary/aromatic N) is 1. The molecule has 0 aliphatic carbocycles. The van der Waals surface area contributed by atoms with Gasteiger partial charge in [-0.2, -0.15) is 0 Å². The van der Waals surface area contributed by atoms with Crippen LogP contribution < -0.4 is 10.1 Å². The molecule has 1 aromatic rings. The molecule has 5 heteroatoms. The number of hydrogen-bond acceptors (Lipinski definition) is 4. The highest BCUT2D eigenvalue weighted by Gasteiger charge is 2.41. The highest BCUT2D eigenvalue weighted by molar-refractivity contribution is 6.05. The van der Waals surface area contributed by atoms with E-state index >= 15 is 0 Å². The standard InChI is InChI=1S/C15H18N2O3/c1-4-9-16-14(18)15(2)10-13(17-20-15)11-5-7-12(19-3)8-6-11/h4-8H,1,9-10H2,2-3H3,(H,16,18)/t15-/m1/s1. The van der Waals surface area contributed by atoms with Gasteiger partial charge < -0.3 is 14.9 Å². The van der Waals surface area contributed by atoms with E-state index in [0.29, 0.717) is 13.0 Å². The van der Waals surface area contributed by atoms with Crippen molar-refractivity contribution in [1.82, 2.24) is 5.32 Å². The minimum Gasteiger partial charge on any atom is -0.497 e. The van der Waals surface area contributed by atoms with Crippen molar-refractivity contribution in [2.45, 2.75) is 18.9 Å². The van der Waals surface area contributed by atoms with Gasteiger partial charge >= 0.3 is 0 Å². The number of carbonyl (C=O) groups excluding carboxylic acids is 1. The van der Waals surface area contributed by atoms with Gasteiger partial charge in [0, 0.05) is 13.0 Å². The van der Waals surface area contributed by atoms with Gasteiger partial charge in [0.05, 0.1) is 12.8 Å². The molecule has 0 bridgehead atoms. The third-order valence-electron chi connectivity index (χ3n) is 3.17. The van der Waals surface area contributed by atoms with E-state index in [9.17, 15) is 4.79 Å². The minimum atomic E-state index is -0.960. The van der Waals surface area contributed by atoms with E-state index < -0.39 is 5.60 Å². The molecule has 1 aliphatic heterocycles. The van der Waals surface area contributed by atoms with Crippen molar-refractivity contribution in [2.75, 3.05) is 13.7 Å². The van der Waals surface area contributed by atoms with Gasteiger partial charge in [-0.05, 0) is 36.8 Å². The first kappa shape index (κ1) is 14.1. The third kappa shape index (κ3) is 2.82. The third-order valence-corrected chi connectivity index (χ3v) is 3.17. The van der Waals surface area contributed by atoms with Crippen molar-refractivity contribution in [2.24, 2.45) is 5.16 Å². The maximum atomic E-state index is 12.0. The zero-order valence-corrected chi connectivity index (χ0v) is 11.7. The molecular weight excluding hydrogens is 256 g/mol. The van der Waals surface area contributed by atoms with Gasteiger partial charge in [-0.25, -0.2) is 0 Å². The van der Waals surface area contributed by atoms with Crippen LogP contribution in [0.5, 0.6) is 5.75 Å².